The molecule has 76 valence electrons. The first-order valence-electron chi connectivity index (χ1n) is 4.55. The Kier molecular flexibility index (Phi) is 2.13. The summed E-state index contributed by atoms with van der Waals surface area (Å²) >= 11 is 0. The second-order valence-electron chi connectivity index (χ2n) is 4.14. The molecule has 2 aliphatic heterocycles. The lowest BCUT2D eigenvalue weighted by molar-refractivity contribution is -0.0474. The number of hydrogen-bond acceptors (Lipinski definition) is 3. The average molecular weight is 205 g/mol. The molecule has 0 aromatic rings. The molecular formula is C8H15NO3S. The molecule has 0 unspecified atom stereocenters. The van der Waals surface area contributed by atoms with Crippen molar-refractivity contribution in [3.05, 3.63) is 0 Å². The van der Waals surface area contributed by atoms with Crippen LogP contribution in [0.25, 0.3) is 0 Å². The van der Waals surface area contributed by atoms with Crippen LogP contribution >= 0.6 is 0 Å². The van der Waals surface area contributed by atoms with Crippen molar-refractivity contribution < 1.29 is 13.2 Å². The Labute approximate surface area is 78.9 Å². The van der Waals surface area contributed by atoms with Gasteiger partial charge in [0, 0.05) is 31.7 Å². The minimum Gasteiger partial charge on any atom is -0.381 e. The number of ether oxygens (including phenoxy) is 1. The fourth-order valence-electron chi connectivity index (χ4n) is 2.06. The smallest absolute Gasteiger partial charge is 0.211 e. The van der Waals surface area contributed by atoms with E-state index in [2.05, 4.69) is 0 Å². The highest BCUT2D eigenvalue weighted by Crippen LogP contribution is 2.40. The van der Waals surface area contributed by atoms with E-state index >= 15 is 0 Å². The molecular weight excluding hydrogens is 190 g/mol. The molecule has 4 nitrogen and oxygen atoms in total. The van der Waals surface area contributed by atoms with E-state index in [0.717, 1.165) is 26.1 Å². The topological polar surface area (TPSA) is 46.6 Å². The minimum absolute atomic E-state index is 0.251. The molecule has 0 aromatic heterocycles. The van der Waals surface area contributed by atoms with E-state index in [-0.39, 0.29) is 5.41 Å². The number of nitrogens with zero attached hydrogens (tertiary/aromatic N) is 1. The van der Waals surface area contributed by atoms with Crippen molar-refractivity contribution in [2.24, 2.45) is 5.41 Å². The van der Waals surface area contributed by atoms with E-state index in [9.17, 15) is 8.42 Å². The molecule has 5 heteroatoms. The zero-order chi connectivity index (χ0) is 9.53. The van der Waals surface area contributed by atoms with Crippen molar-refractivity contribution in [1.82, 2.24) is 4.31 Å². The predicted octanol–water partition coefficient (Wildman–Crippen LogP) is 0.0584. The monoisotopic (exact) mass is 205 g/mol. The van der Waals surface area contributed by atoms with Gasteiger partial charge in [-0.05, 0) is 12.8 Å². The Balaban J connectivity index is 1.96. The molecule has 0 bridgehead atoms. The van der Waals surface area contributed by atoms with Gasteiger partial charge in [-0.3, -0.25) is 0 Å². The summed E-state index contributed by atoms with van der Waals surface area (Å²) in [6.07, 6.45) is 3.30. The van der Waals surface area contributed by atoms with Crippen LogP contribution in [0.4, 0.5) is 0 Å². The third-order valence-corrected chi connectivity index (χ3v) is 4.24. The lowest BCUT2D eigenvalue weighted by Crippen LogP contribution is -2.59. The van der Waals surface area contributed by atoms with Gasteiger partial charge in [0.25, 0.3) is 0 Å². The zero-order valence-corrected chi connectivity index (χ0v) is 8.64. The molecule has 2 aliphatic rings. The molecule has 0 aromatic carbocycles. The van der Waals surface area contributed by atoms with Gasteiger partial charge in [-0.25, -0.2) is 12.7 Å². The highest BCUT2D eigenvalue weighted by molar-refractivity contribution is 7.88. The molecule has 2 fully saturated rings. The summed E-state index contributed by atoms with van der Waals surface area (Å²) in [5.74, 6) is 0. The Morgan fingerprint density at radius 3 is 2.23 bits per heavy atom. The van der Waals surface area contributed by atoms with Gasteiger partial charge in [0.05, 0.1) is 6.26 Å². The first-order chi connectivity index (χ1) is 6.02. The highest BCUT2D eigenvalue weighted by Gasteiger charge is 2.47. The van der Waals surface area contributed by atoms with E-state index in [1.54, 1.807) is 4.31 Å². The number of hydrogen-bond donors (Lipinski definition) is 0. The first kappa shape index (κ1) is 9.43. The van der Waals surface area contributed by atoms with Crippen molar-refractivity contribution in [2.75, 3.05) is 32.6 Å². The van der Waals surface area contributed by atoms with Gasteiger partial charge in [-0.15, -0.1) is 0 Å². The molecule has 0 atom stereocenters. The van der Waals surface area contributed by atoms with Crippen LogP contribution < -0.4 is 0 Å². The first-order valence-corrected chi connectivity index (χ1v) is 6.40. The third kappa shape index (κ3) is 1.73. The van der Waals surface area contributed by atoms with Crippen molar-refractivity contribution in [3.8, 4) is 0 Å². The van der Waals surface area contributed by atoms with Crippen molar-refractivity contribution in [3.63, 3.8) is 0 Å². The molecule has 1 spiro atoms. The standard InChI is InChI=1S/C8H15NO3S/c1-13(10,11)9-6-8(7-9)2-4-12-5-3-8/h2-7H2,1H3. The summed E-state index contributed by atoms with van der Waals surface area (Å²) in [6.45, 7) is 2.99. The average Bonchev–Trinajstić information content (AvgIpc) is 2.00. The summed E-state index contributed by atoms with van der Waals surface area (Å²) < 4.78 is 29.1. The highest BCUT2D eigenvalue weighted by atomic mass is 32.2. The van der Waals surface area contributed by atoms with Gasteiger partial charge in [0.15, 0.2) is 0 Å². The van der Waals surface area contributed by atoms with Crippen LogP contribution in [-0.2, 0) is 14.8 Å². The normalized spacial score (nSPS) is 28.7. The van der Waals surface area contributed by atoms with Crippen LogP contribution in [0.3, 0.4) is 0 Å². The second-order valence-corrected chi connectivity index (χ2v) is 6.13. The molecule has 2 heterocycles. The largest absolute Gasteiger partial charge is 0.381 e. The molecule has 0 radical (unpaired) electrons. The van der Waals surface area contributed by atoms with E-state index in [0.29, 0.717) is 13.1 Å². The van der Waals surface area contributed by atoms with Crippen LogP contribution in [0.5, 0.6) is 0 Å². The predicted molar refractivity (Wildman–Crippen MR) is 48.9 cm³/mol. The van der Waals surface area contributed by atoms with Crippen molar-refractivity contribution >= 4 is 10.0 Å². The SMILES string of the molecule is CS(=O)(=O)N1CC2(CCOCC2)C1. The van der Waals surface area contributed by atoms with E-state index in [1.807, 2.05) is 0 Å². The Hall–Kier alpha value is -0.130. The molecule has 0 saturated carbocycles. The summed E-state index contributed by atoms with van der Waals surface area (Å²) in [5, 5.41) is 0. The van der Waals surface area contributed by atoms with E-state index in [1.165, 1.54) is 6.26 Å². The fourth-order valence-corrected chi connectivity index (χ4v) is 3.07. The summed E-state index contributed by atoms with van der Waals surface area (Å²) in [6, 6.07) is 0. The molecule has 13 heavy (non-hydrogen) atoms. The minimum atomic E-state index is -2.95. The molecule has 0 amide bonds. The van der Waals surface area contributed by atoms with Crippen molar-refractivity contribution in [2.45, 2.75) is 12.8 Å². The van der Waals surface area contributed by atoms with Crippen LogP contribution in [0.15, 0.2) is 0 Å². The maximum Gasteiger partial charge on any atom is 0.211 e. The van der Waals surface area contributed by atoms with E-state index < -0.39 is 10.0 Å². The van der Waals surface area contributed by atoms with Crippen LogP contribution in [0.1, 0.15) is 12.8 Å². The number of rotatable bonds is 1. The summed E-state index contributed by atoms with van der Waals surface area (Å²) in [4.78, 5) is 0. The van der Waals surface area contributed by atoms with Gasteiger partial charge < -0.3 is 4.74 Å². The van der Waals surface area contributed by atoms with Gasteiger partial charge >= 0.3 is 0 Å². The van der Waals surface area contributed by atoms with Gasteiger partial charge in [-0.1, -0.05) is 0 Å². The van der Waals surface area contributed by atoms with Crippen molar-refractivity contribution in [1.29, 1.82) is 0 Å². The third-order valence-electron chi connectivity index (χ3n) is 3.05. The molecule has 0 N–H and O–H groups in total. The maximum absolute atomic E-state index is 11.1. The Bertz CT molecular complexity index is 285. The summed E-state index contributed by atoms with van der Waals surface area (Å²) in [5.41, 5.74) is 0.251. The molecule has 2 saturated heterocycles. The van der Waals surface area contributed by atoms with Crippen LogP contribution in [0, 0.1) is 5.41 Å². The molecule has 2 rings (SSSR count). The fraction of sp³-hybridized carbons (Fsp3) is 1.00. The van der Waals surface area contributed by atoms with E-state index in [4.69, 9.17) is 4.74 Å². The van der Waals surface area contributed by atoms with Gasteiger partial charge in [-0.2, -0.15) is 0 Å². The van der Waals surface area contributed by atoms with Gasteiger partial charge in [0.1, 0.15) is 0 Å². The Morgan fingerprint density at radius 2 is 1.77 bits per heavy atom. The quantitative estimate of drug-likeness (QED) is 0.608. The maximum atomic E-state index is 11.1. The van der Waals surface area contributed by atoms with Crippen LogP contribution in [-0.4, -0.2) is 45.3 Å². The second kappa shape index (κ2) is 2.93. The molecule has 0 aliphatic carbocycles. The van der Waals surface area contributed by atoms with Crippen LogP contribution in [0.2, 0.25) is 0 Å². The summed E-state index contributed by atoms with van der Waals surface area (Å²) in [7, 11) is -2.95. The number of sulfonamides is 1. The Morgan fingerprint density at radius 1 is 1.23 bits per heavy atom. The van der Waals surface area contributed by atoms with Gasteiger partial charge in [0.2, 0.25) is 10.0 Å². The lowest BCUT2D eigenvalue weighted by Gasteiger charge is -2.50. The lowest BCUT2D eigenvalue weighted by atomic mass is 9.75. The zero-order valence-electron chi connectivity index (χ0n) is 7.82.